The summed E-state index contributed by atoms with van der Waals surface area (Å²) in [6.45, 7) is -0.132. The molecule has 2 heterocycles. The number of halogens is 2. The maximum atomic E-state index is 13.9. The van der Waals surface area contributed by atoms with Gasteiger partial charge in [-0.3, -0.25) is 19.2 Å². The Morgan fingerprint density at radius 1 is 1.39 bits per heavy atom. The van der Waals surface area contributed by atoms with E-state index in [0.717, 1.165) is 10.5 Å². The standard InChI is InChI=1S/C16H15ClFN3O2/c1-20-8-10(7-19-20)5-11-6-15(22)21(16(11)23)9-12-13(17)3-2-4-14(12)18/h2-4,7-8,11H,5-6,9H2,1H3. The number of likely N-dealkylation sites (tertiary alicyclic amines) is 1. The lowest BCUT2D eigenvalue weighted by molar-refractivity contribution is -0.140. The predicted octanol–water partition coefficient (Wildman–Crippen LogP) is 2.33. The van der Waals surface area contributed by atoms with Crippen LogP contribution in [0.1, 0.15) is 17.5 Å². The largest absolute Gasteiger partial charge is 0.278 e. The van der Waals surface area contributed by atoms with Gasteiger partial charge in [0.1, 0.15) is 5.82 Å². The van der Waals surface area contributed by atoms with E-state index >= 15 is 0 Å². The Labute approximate surface area is 137 Å². The lowest BCUT2D eigenvalue weighted by Crippen LogP contribution is -2.31. The first kappa shape index (κ1) is 15.7. The summed E-state index contributed by atoms with van der Waals surface area (Å²) < 4.78 is 15.5. The van der Waals surface area contributed by atoms with E-state index in [2.05, 4.69) is 5.10 Å². The number of carbonyl (C=O) groups is 2. The third kappa shape index (κ3) is 3.12. The molecule has 0 radical (unpaired) electrons. The van der Waals surface area contributed by atoms with Gasteiger partial charge < -0.3 is 0 Å². The number of hydrogen-bond donors (Lipinski definition) is 0. The number of aryl methyl sites for hydroxylation is 1. The van der Waals surface area contributed by atoms with E-state index in [1.165, 1.54) is 18.2 Å². The minimum atomic E-state index is -0.520. The second-order valence-corrected chi connectivity index (χ2v) is 6.05. The number of imide groups is 1. The number of carbonyl (C=O) groups excluding carboxylic acids is 2. The second kappa shape index (κ2) is 6.12. The molecule has 1 fully saturated rings. The molecule has 0 saturated carbocycles. The molecular formula is C16H15ClFN3O2. The molecule has 0 bridgehead atoms. The average Bonchev–Trinajstić information content (AvgIpc) is 3.01. The van der Waals surface area contributed by atoms with Gasteiger partial charge in [-0.15, -0.1) is 0 Å². The Balaban J connectivity index is 1.76. The van der Waals surface area contributed by atoms with Gasteiger partial charge in [-0.1, -0.05) is 17.7 Å². The highest BCUT2D eigenvalue weighted by Crippen LogP contribution is 2.28. The zero-order chi connectivity index (χ0) is 16.6. The van der Waals surface area contributed by atoms with Crippen LogP contribution in [0, 0.1) is 11.7 Å². The number of benzene rings is 1. The van der Waals surface area contributed by atoms with Crippen LogP contribution in [0.3, 0.4) is 0 Å². The van der Waals surface area contributed by atoms with Gasteiger partial charge in [0, 0.05) is 30.3 Å². The molecule has 1 aromatic carbocycles. The number of aromatic nitrogens is 2. The summed E-state index contributed by atoms with van der Waals surface area (Å²) in [7, 11) is 1.79. The van der Waals surface area contributed by atoms with Crippen LogP contribution in [-0.4, -0.2) is 26.5 Å². The Morgan fingerprint density at radius 3 is 2.83 bits per heavy atom. The zero-order valence-electron chi connectivity index (χ0n) is 12.5. The van der Waals surface area contributed by atoms with Gasteiger partial charge in [-0.05, 0) is 24.1 Å². The van der Waals surface area contributed by atoms with Crippen molar-refractivity contribution in [2.45, 2.75) is 19.4 Å². The summed E-state index contributed by atoms with van der Waals surface area (Å²) >= 11 is 5.97. The summed E-state index contributed by atoms with van der Waals surface area (Å²) in [5.41, 5.74) is 1.06. The molecule has 1 saturated heterocycles. The minimum Gasteiger partial charge on any atom is -0.278 e. The van der Waals surface area contributed by atoms with Gasteiger partial charge in [-0.25, -0.2) is 4.39 Å². The number of rotatable bonds is 4. The minimum absolute atomic E-state index is 0.125. The van der Waals surface area contributed by atoms with Crippen LogP contribution >= 0.6 is 11.6 Å². The van der Waals surface area contributed by atoms with Crippen LogP contribution in [0.4, 0.5) is 4.39 Å². The molecule has 23 heavy (non-hydrogen) atoms. The summed E-state index contributed by atoms with van der Waals surface area (Å²) in [4.78, 5) is 25.7. The monoisotopic (exact) mass is 335 g/mol. The van der Waals surface area contributed by atoms with E-state index in [0.29, 0.717) is 6.42 Å². The number of nitrogens with zero attached hydrogens (tertiary/aromatic N) is 3. The molecule has 1 aromatic heterocycles. The van der Waals surface area contributed by atoms with Gasteiger partial charge in [0.15, 0.2) is 0 Å². The van der Waals surface area contributed by atoms with Crippen molar-refractivity contribution in [1.29, 1.82) is 0 Å². The quantitative estimate of drug-likeness (QED) is 0.806. The molecule has 0 N–H and O–H groups in total. The topological polar surface area (TPSA) is 55.2 Å². The molecular weight excluding hydrogens is 321 g/mol. The van der Waals surface area contributed by atoms with Crippen LogP contribution < -0.4 is 0 Å². The molecule has 120 valence electrons. The fraction of sp³-hybridized carbons (Fsp3) is 0.312. The first-order chi connectivity index (χ1) is 11.0. The van der Waals surface area contributed by atoms with Gasteiger partial charge in [-0.2, -0.15) is 5.10 Å². The van der Waals surface area contributed by atoms with E-state index in [1.807, 2.05) is 6.20 Å². The Kier molecular flexibility index (Phi) is 4.17. The normalized spacial score (nSPS) is 18.0. The molecule has 1 atom stereocenters. The van der Waals surface area contributed by atoms with Crippen LogP contribution in [0.15, 0.2) is 30.6 Å². The van der Waals surface area contributed by atoms with Crippen LogP contribution in [0.5, 0.6) is 0 Å². The van der Waals surface area contributed by atoms with Crippen molar-refractivity contribution < 1.29 is 14.0 Å². The van der Waals surface area contributed by atoms with Gasteiger partial charge in [0.25, 0.3) is 0 Å². The van der Waals surface area contributed by atoms with Crippen molar-refractivity contribution in [2.75, 3.05) is 0 Å². The summed E-state index contributed by atoms with van der Waals surface area (Å²) in [6, 6.07) is 4.29. The summed E-state index contributed by atoms with van der Waals surface area (Å²) in [6.07, 6.45) is 4.06. The molecule has 7 heteroatoms. The van der Waals surface area contributed by atoms with Gasteiger partial charge >= 0.3 is 0 Å². The molecule has 0 aliphatic carbocycles. The first-order valence-electron chi connectivity index (χ1n) is 7.20. The molecule has 1 aliphatic rings. The van der Waals surface area contributed by atoms with Crippen molar-refractivity contribution in [2.24, 2.45) is 13.0 Å². The van der Waals surface area contributed by atoms with Crippen LogP contribution in [0.2, 0.25) is 5.02 Å². The van der Waals surface area contributed by atoms with Crippen molar-refractivity contribution in [1.82, 2.24) is 14.7 Å². The molecule has 2 amide bonds. The Morgan fingerprint density at radius 2 is 2.17 bits per heavy atom. The van der Waals surface area contributed by atoms with Crippen LogP contribution in [-0.2, 0) is 29.6 Å². The van der Waals surface area contributed by atoms with Gasteiger partial charge in [0.05, 0.1) is 18.7 Å². The van der Waals surface area contributed by atoms with E-state index in [1.54, 1.807) is 17.9 Å². The molecule has 1 unspecified atom stereocenters. The maximum absolute atomic E-state index is 13.9. The fourth-order valence-electron chi connectivity index (χ4n) is 2.78. The summed E-state index contributed by atoms with van der Waals surface area (Å²) in [5.74, 6) is -1.55. The SMILES string of the molecule is Cn1cc(CC2CC(=O)N(Cc3c(F)cccc3Cl)C2=O)cn1. The van der Waals surface area contributed by atoms with Crippen molar-refractivity contribution in [3.63, 3.8) is 0 Å². The second-order valence-electron chi connectivity index (χ2n) is 5.65. The molecule has 3 rings (SSSR count). The molecule has 2 aromatic rings. The van der Waals surface area contributed by atoms with E-state index in [9.17, 15) is 14.0 Å². The number of amides is 2. The third-order valence-corrected chi connectivity index (χ3v) is 4.31. The van der Waals surface area contributed by atoms with Gasteiger partial charge in [0.2, 0.25) is 11.8 Å². The van der Waals surface area contributed by atoms with Crippen molar-refractivity contribution in [3.8, 4) is 0 Å². The lowest BCUT2D eigenvalue weighted by Gasteiger charge is -2.16. The van der Waals surface area contributed by atoms with E-state index < -0.39 is 11.7 Å². The lowest BCUT2D eigenvalue weighted by atomic mass is 10.0. The number of hydrogen-bond acceptors (Lipinski definition) is 3. The zero-order valence-corrected chi connectivity index (χ0v) is 13.3. The molecule has 1 aliphatic heterocycles. The van der Waals surface area contributed by atoms with Crippen molar-refractivity contribution in [3.05, 3.63) is 52.6 Å². The average molecular weight is 336 g/mol. The first-order valence-corrected chi connectivity index (χ1v) is 7.58. The third-order valence-electron chi connectivity index (χ3n) is 3.96. The highest BCUT2D eigenvalue weighted by molar-refractivity contribution is 6.31. The highest BCUT2D eigenvalue weighted by Gasteiger charge is 2.39. The Bertz CT molecular complexity index is 754. The maximum Gasteiger partial charge on any atom is 0.233 e. The molecule has 5 nitrogen and oxygen atoms in total. The van der Waals surface area contributed by atoms with Crippen molar-refractivity contribution >= 4 is 23.4 Å². The van der Waals surface area contributed by atoms with Crippen LogP contribution in [0.25, 0.3) is 0 Å². The smallest absolute Gasteiger partial charge is 0.233 e. The summed E-state index contributed by atoms with van der Waals surface area (Å²) in [5, 5.41) is 4.26. The molecule has 0 spiro atoms. The predicted molar refractivity (Wildman–Crippen MR) is 82.0 cm³/mol. The Hall–Kier alpha value is -2.21. The highest BCUT2D eigenvalue weighted by atomic mass is 35.5. The van der Waals surface area contributed by atoms with E-state index in [-0.39, 0.29) is 35.4 Å². The fourth-order valence-corrected chi connectivity index (χ4v) is 3.00. The van der Waals surface area contributed by atoms with E-state index in [4.69, 9.17) is 11.6 Å².